The summed E-state index contributed by atoms with van der Waals surface area (Å²) in [6.07, 6.45) is 0.282. The lowest BCUT2D eigenvalue weighted by Crippen LogP contribution is -2.06. The highest BCUT2D eigenvalue weighted by molar-refractivity contribution is 7.85. The van der Waals surface area contributed by atoms with Crippen molar-refractivity contribution >= 4 is 21.2 Å². The van der Waals surface area contributed by atoms with Crippen LogP contribution in [-0.4, -0.2) is 33.1 Å². The molecule has 0 bridgehead atoms. The third kappa shape index (κ3) is 3.40. The molecule has 0 aliphatic rings. The Kier molecular flexibility index (Phi) is 4.14. The molecule has 0 aliphatic carbocycles. The minimum absolute atomic E-state index is 0.0762. The van der Waals surface area contributed by atoms with E-state index in [-0.39, 0.29) is 22.8 Å². The van der Waals surface area contributed by atoms with Gasteiger partial charge < -0.3 is 5.11 Å². The fourth-order valence-corrected chi connectivity index (χ4v) is 3.42. The summed E-state index contributed by atoms with van der Waals surface area (Å²) < 4.78 is 33.0. The van der Waals surface area contributed by atoms with E-state index in [9.17, 15) is 18.1 Å². The van der Waals surface area contributed by atoms with E-state index >= 15 is 0 Å². The zero-order chi connectivity index (χ0) is 19.0. The monoisotopic (exact) mass is 381 g/mol. The lowest BCUT2D eigenvalue weighted by molar-refractivity contribution is 0.459. The van der Waals surface area contributed by atoms with E-state index in [0.717, 1.165) is 11.6 Å². The molecule has 0 aliphatic heterocycles. The van der Waals surface area contributed by atoms with Crippen LogP contribution in [-0.2, 0) is 16.5 Å². The predicted molar refractivity (Wildman–Crippen MR) is 99.6 cm³/mol. The highest BCUT2D eigenvalue weighted by Gasteiger charge is 2.20. The van der Waals surface area contributed by atoms with Gasteiger partial charge in [0.25, 0.3) is 10.1 Å². The molecule has 1 aromatic heterocycles. The van der Waals surface area contributed by atoms with Gasteiger partial charge in [0, 0.05) is 12.0 Å². The number of aromatic hydroxyl groups is 1. The van der Waals surface area contributed by atoms with Crippen molar-refractivity contribution in [3.05, 3.63) is 77.9 Å². The molecule has 8 heteroatoms. The Bertz CT molecular complexity index is 1200. The predicted octanol–water partition coefficient (Wildman–Crippen LogP) is 2.96. The van der Waals surface area contributed by atoms with Crippen molar-refractivity contribution in [2.45, 2.75) is 11.3 Å². The first kappa shape index (κ1) is 17.2. The van der Waals surface area contributed by atoms with Crippen molar-refractivity contribution in [1.82, 2.24) is 15.0 Å². The number of rotatable bonds is 4. The average molecular weight is 381 g/mol. The van der Waals surface area contributed by atoms with Crippen LogP contribution < -0.4 is 0 Å². The summed E-state index contributed by atoms with van der Waals surface area (Å²) in [5, 5.41) is 19.3. The number of aromatic nitrogens is 3. The largest absolute Gasteiger partial charge is 0.505 e. The number of phenolic OH excluding ortho intramolecular Hbond substituents is 1. The molecule has 136 valence electrons. The zero-order valence-electron chi connectivity index (χ0n) is 14.0. The molecular formula is C19H15N3O4S. The van der Waals surface area contributed by atoms with Crippen LogP contribution in [0.25, 0.3) is 16.7 Å². The number of hydrogen-bond donors (Lipinski definition) is 2. The maximum Gasteiger partial charge on any atom is 0.294 e. The molecule has 2 N–H and O–H groups in total. The number of nitrogens with zero attached hydrogens (tertiary/aromatic N) is 3. The molecule has 27 heavy (non-hydrogen) atoms. The molecule has 0 fully saturated rings. The van der Waals surface area contributed by atoms with Crippen LogP contribution in [0, 0.1) is 0 Å². The molecular weight excluding hydrogens is 366 g/mol. The fourth-order valence-electron chi connectivity index (χ4n) is 2.87. The Labute approximate surface area is 155 Å². The zero-order valence-corrected chi connectivity index (χ0v) is 14.8. The Morgan fingerprint density at radius 1 is 0.889 bits per heavy atom. The topological polar surface area (TPSA) is 105 Å². The van der Waals surface area contributed by atoms with Gasteiger partial charge in [-0.25, -0.2) is 0 Å². The van der Waals surface area contributed by atoms with Crippen LogP contribution in [0.3, 0.4) is 0 Å². The quantitative estimate of drug-likeness (QED) is 0.527. The van der Waals surface area contributed by atoms with Crippen molar-refractivity contribution in [3.8, 4) is 11.4 Å². The first-order valence-corrected chi connectivity index (χ1v) is 9.55. The molecule has 1 heterocycles. The van der Waals surface area contributed by atoms with Crippen LogP contribution in [0.1, 0.15) is 11.1 Å². The molecule has 0 unspecified atom stereocenters. The van der Waals surface area contributed by atoms with Gasteiger partial charge in [0.15, 0.2) is 0 Å². The van der Waals surface area contributed by atoms with E-state index in [4.69, 9.17) is 0 Å². The van der Waals surface area contributed by atoms with E-state index in [1.54, 1.807) is 24.3 Å². The molecule has 0 amide bonds. The van der Waals surface area contributed by atoms with Gasteiger partial charge in [0.2, 0.25) is 0 Å². The van der Waals surface area contributed by atoms with Crippen molar-refractivity contribution in [2.75, 3.05) is 0 Å². The second-order valence-corrected chi connectivity index (χ2v) is 7.49. The van der Waals surface area contributed by atoms with Gasteiger partial charge in [-0.05, 0) is 29.8 Å². The number of hydrogen-bond acceptors (Lipinski definition) is 5. The van der Waals surface area contributed by atoms with Crippen LogP contribution in [0.15, 0.2) is 71.6 Å². The Morgan fingerprint density at radius 3 is 2.07 bits per heavy atom. The molecule has 3 aromatic carbocycles. The second kappa shape index (κ2) is 6.49. The van der Waals surface area contributed by atoms with E-state index in [0.29, 0.717) is 16.6 Å². The van der Waals surface area contributed by atoms with Crippen molar-refractivity contribution < 1.29 is 18.1 Å². The minimum atomic E-state index is -4.47. The van der Waals surface area contributed by atoms with E-state index in [1.807, 2.05) is 30.3 Å². The number of phenols is 1. The van der Waals surface area contributed by atoms with E-state index in [1.165, 1.54) is 10.9 Å². The van der Waals surface area contributed by atoms with Gasteiger partial charge >= 0.3 is 0 Å². The van der Waals surface area contributed by atoms with Gasteiger partial charge in [0.05, 0.1) is 4.90 Å². The maximum atomic E-state index is 11.7. The number of fused-ring (bicyclic) bond motifs is 1. The second-order valence-electron chi connectivity index (χ2n) is 6.07. The molecule has 7 nitrogen and oxygen atoms in total. The van der Waals surface area contributed by atoms with Crippen molar-refractivity contribution in [2.24, 2.45) is 0 Å². The average Bonchev–Trinajstić information content (AvgIpc) is 3.07. The Hall–Kier alpha value is -3.23. The molecule has 4 aromatic rings. The van der Waals surface area contributed by atoms with Gasteiger partial charge in [0.1, 0.15) is 22.5 Å². The standard InChI is InChI=1S/C19H15N3O4S/c23-19-14(10-13-6-2-1-3-7-13)11-15(27(24,25)26)12-18(19)22-20-16-8-4-5-9-17(16)21-22/h1-9,11-12,23H,10H2,(H,24,25,26). The molecule has 0 spiro atoms. The first-order valence-electron chi connectivity index (χ1n) is 8.11. The normalized spacial score (nSPS) is 11.7. The SMILES string of the molecule is O=S(=O)(O)c1cc(Cc2ccccc2)c(O)c(-n2nc3ccccc3n2)c1. The summed E-state index contributed by atoms with van der Waals surface area (Å²) in [4.78, 5) is 0.839. The summed E-state index contributed by atoms with van der Waals surface area (Å²) >= 11 is 0. The molecule has 0 radical (unpaired) electrons. The van der Waals surface area contributed by atoms with Gasteiger partial charge in [-0.3, -0.25) is 4.55 Å². The third-order valence-electron chi connectivity index (χ3n) is 4.18. The van der Waals surface area contributed by atoms with Crippen LogP contribution in [0.4, 0.5) is 0 Å². The molecule has 0 saturated carbocycles. The lowest BCUT2D eigenvalue weighted by Gasteiger charge is -2.11. The summed E-state index contributed by atoms with van der Waals surface area (Å²) in [6.45, 7) is 0. The van der Waals surface area contributed by atoms with Gasteiger partial charge in [-0.1, -0.05) is 42.5 Å². The highest BCUT2D eigenvalue weighted by Crippen LogP contribution is 2.31. The van der Waals surface area contributed by atoms with E-state index in [2.05, 4.69) is 10.2 Å². The molecule has 0 atom stereocenters. The van der Waals surface area contributed by atoms with E-state index < -0.39 is 10.1 Å². The first-order chi connectivity index (χ1) is 12.9. The van der Waals surface area contributed by atoms with Crippen molar-refractivity contribution in [3.63, 3.8) is 0 Å². The van der Waals surface area contributed by atoms with Crippen molar-refractivity contribution in [1.29, 1.82) is 0 Å². The van der Waals surface area contributed by atoms with Gasteiger partial charge in [-0.2, -0.15) is 8.42 Å². The maximum absolute atomic E-state index is 11.7. The molecule has 0 saturated heterocycles. The van der Waals surface area contributed by atoms with Crippen LogP contribution in [0.2, 0.25) is 0 Å². The summed E-state index contributed by atoms with van der Waals surface area (Å²) in [5.41, 5.74) is 2.49. The third-order valence-corrected chi connectivity index (χ3v) is 5.01. The van der Waals surface area contributed by atoms with Crippen LogP contribution >= 0.6 is 0 Å². The smallest absolute Gasteiger partial charge is 0.294 e. The highest BCUT2D eigenvalue weighted by atomic mass is 32.2. The summed E-state index contributed by atoms with van der Waals surface area (Å²) in [6, 6.07) is 18.8. The summed E-state index contributed by atoms with van der Waals surface area (Å²) in [5.74, 6) is -0.147. The Balaban J connectivity index is 1.91. The fraction of sp³-hybridized carbons (Fsp3) is 0.0526. The molecule has 4 rings (SSSR count). The Morgan fingerprint density at radius 2 is 1.48 bits per heavy atom. The number of benzene rings is 3. The summed E-state index contributed by atoms with van der Waals surface area (Å²) in [7, 11) is -4.47. The lowest BCUT2D eigenvalue weighted by atomic mass is 10.0. The van der Waals surface area contributed by atoms with Gasteiger partial charge in [-0.15, -0.1) is 15.0 Å². The van der Waals surface area contributed by atoms with Crippen LogP contribution in [0.5, 0.6) is 5.75 Å². The minimum Gasteiger partial charge on any atom is -0.505 e.